The lowest BCUT2D eigenvalue weighted by molar-refractivity contribution is 0.691. The van der Waals surface area contributed by atoms with Crippen LogP contribution in [0.3, 0.4) is 0 Å². The zero-order valence-corrected chi connectivity index (χ0v) is 11.2. The van der Waals surface area contributed by atoms with Gasteiger partial charge in [0.05, 0.1) is 6.07 Å². The molecule has 0 aliphatic heterocycles. The average molecular weight is 249 g/mol. The molecule has 0 unspecified atom stereocenters. The van der Waals surface area contributed by atoms with Crippen LogP contribution in [0.2, 0.25) is 0 Å². The van der Waals surface area contributed by atoms with Gasteiger partial charge >= 0.3 is 0 Å². The third-order valence-electron chi connectivity index (χ3n) is 3.34. The Balaban J connectivity index is 2.03. The molecule has 0 aliphatic rings. The van der Waals surface area contributed by atoms with Crippen LogP contribution in [0.1, 0.15) is 31.2 Å². The van der Waals surface area contributed by atoms with E-state index < -0.39 is 0 Å². The van der Waals surface area contributed by atoms with E-state index in [0.29, 0.717) is 6.42 Å². The minimum atomic E-state index is 0.681. The predicted octanol–water partition coefficient (Wildman–Crippen LogP) is 4.98. The summed E-state index contributed by atoms with van der Waals surface area (Å²) < 4.78 is 0. The summed E-state index contributed by atoms with van der Waals surface area (Å²) in [6.07, 6.45) is 5.09. The van der Waals surface area contributed by atoms with E-state index in [-0.39, 0.29) is 0 Å². The van der Waals surface area contributed by atoms with Gasteiger partial charge in [0.2, 0.25) is 0 Å². The molecular formula is C18H19N. The summed E-state index contributed by atoms with van der Waals surface area (Å²) >= 11 is 0. The van der Waals surface area contributed by atoms with Crippen LogP contribution in [0.25, 0.3) is 11.1 Å². The first-order valence-electron chi connectivity index (χ1n) is 6.92. The van der Waals surface area contributed by atoms with E-state index in [0.717, 1.165) is 25.7 Å². The van der Waals surface area contributed by atoms with Gasteiger partial charge in [0.1, 0.15) is 0 Å². The minimum Gasteiger partial charge on any atom is -0.198 e. The molecule has 0 aliphatic carbocycles. The normalized spacial score (nSPS) is 10.1. The van der Waals surface area contributed by atoms with Crippen LogP contribution >= 0.6 is 0 Å². The lowest BCUT2D eigenvalue weighted by atomic mass is 9.96. The maximum absolute atomic E-state index is 8.53. The number of benzene rings is 2. The Bertz CT molecular complexity index is 537. The van der Waals surface area contributed by atoms with Gasteiger partial charge in [-0.25, -0.2) is 0 Å². The van der Waals surface area contributed by atoms with Crippen molar-refractivity contribution in [2.75, 3.05) is 0 Å². The van der Waals surface area contributed by atoms with Crippen molar-refractivity contribution in [3.05, 3.63) is 60.2 Å². The van der Waals surface area contributed by atoms with E-state index in [1.54, 1.807) is 0 Å². The van der Waals surface area contributed by atoms with Crippen molar-refractivity contribution in [1.29, 1.82) is 5.26 Å². The molecule has 0 saturated carbocycles. The van der Waals surface area contributed by atoms with E-state index in [1.165, 1.54) is 16.7 Å². The van der Waals surface area contributed by atoms with Crippen molar-refractivity contribution in [1.82, 2.24) is 0 Å². The van der Waals surface area contributed by atoms with Crippen molar-refractivity contribution in [2.45, 2.75) is 32.1 Å². The highest BCUT2D eigenvalue weighted by molar-refractivity contribution is 5.67. The van der Waals surface area contributed by atoms with E-state index in [1.807, 2.05) is 6.07 Å². The lowest BCUT2D eigenvalue weighted by Gasteiger charge is -2.09. The number of hydrogen-bond donors (Lipinski definition) is 0. The standard InChI is InChI=1S/C18H19N/c19-15-9-2-1-4-10-17-13-7-8-14-18(17)16-11-5-3-6-12-16/h3,5-8,11-14H,1-2,4,9-10H2. The molecule has 2 aromatic carbocycles. The van der Waals surface area contributed by atoms with Gasteiger partial charge in [-0.3, -0.25) is 0 Å². The molecule has 19 heavy (non-hydrogen) atoms. The van der Waals surface area contributed by atoms with Gasteiger partial charge in [-0.15, -0.1) is 0 Å². The van der Waals surface area contributed by atoms with Gasteiger partial charge in [0, 0.05) is 6.42 Å². The molecule has 0 radical (unpaired) electrons. The van der Waals surface area contributed by atoms with Crippen LogP contribution in [-0.2, 0) is 6.42 Å². The van der Waals surface area contributed by atoms with Crippen LogP contribution in [-0.4, -0.2) is 0 Å². The van der Waals surface area contributed by atoms with Gasteiger partial charge < -0.3 is 0 Å². The molecule has 2 rings (SSSR count). The van der Waals surface area contributed by atoms with Gasteiger partial charge in [0.15, 0.2) is 0 Å². The summed E-state index contributed by atoms with van der Waals surface area (Å²) in [4.78, 5) is 0. The third-order valence-corrected chi connectivity index (χ3v) is 3.34. The molecule has 0 atom stereocenters. The maximum Gasteiger partial charge on any atom is 0.0621 e. The number of nitrogens with zero attached hydrogens (tertiary/aromatic N) is 1. The van der Waals surface area contributed by atoms with E-state index >= 15 is 0 Å². The Kier molecular flexibility index (Phi) is 5.19. The summed E-state index contributed by atoms with van der Waals surface area (Å²) in [5.74, 6) is 0. The van der Waals surface area contributed by atoms with E-state index in [2.05, 4.69) is 54.6 Å². The topological polar surface area (TPSA) is 23.8 Å². The molecule has 0 aromatic heterocycles. The highest BCUT2D eigenvalue weighted by atomic mass is 14.2. The van der Waals surface area contributed by atoms with Gasteiger partial charge in [-0.05, 0) is 36.0 Å². The van der Waals surface area contributed by atoms with Crippen molar-refractivity contribution in [3.63, 3.8) is 0 Å². The van der Waals surface area contributed by atoms with Gasteiger partial charge in [-0.1, -0.05) is 61.0 Å². The summed E-state index contributed by atoms with van der Waals surface area (Å²) in [7, 11) is 0. The Morgan fingerprint density at radius 3 is 2.32 bits per heavy atom. The molecule has 0 spiro atoms. The number of unbranched alkanes of at least 4 members (excludes halogenated alkanes) is 3. The molecule has 96 valence electrons. The summed E-state index contributed by atoms with van der Waals surface area (Å²) in [6.45, 7) is 0. The van der Waals surface area contributed by atoms with Crippen LogP contribution in [0.15, 0.2) is 54.6 Å². The summed E-state index contributed by atoms with van der Waals surface area (Å²) in [6, 6.07) is 21.4. The molecule has 0 heterocycles. The highest BCUT2D eigenvalue weighted by Crippen LogP contribution is 2.24. The van der Waals surface area contributed by atoms with Crippen LogP contribution < -0.4 is 0 Å². The molecule has 0 bridgehead atoms. The minimum absolute atomic E-state index is 0.681. The fourth-order valence-corrected chi connectivity index (χ4v) is 2.33. The second-order valence-electron chi connectivity index (χ2n) is 4.74. The molecule has 0 amide bonds. The van der Waals surface area contributed by atoms with E-state index in [9.17, 15) is 0 Å². The fourth-order valence-electron chi connectivity index (χ4n) is 2.33. The Morgan fingerprint density at radius 2 is 1.53 bits per heavy atom. The van der Waals surface area contributed by atoms with Crippen molar-refractivity contribution < 1.29 is 0 Å². The van der Waals surface area contributed by atoms with Gasteiger partial charge in [-0.2, -0.15) is 5.26 Å². The first kappa shape index (κ1) is 13.4. The first-order valence-corrected chi connectivity index (χ1v) is 6.92. The van der Waals surface area contributed by atoms with E-state index in [4.69, 9.17) is 5.26 Å². The maximum atomic E-state index is 8.53. The smallest absolute Gasteiger partial charge is 0.0621 e. The second kappa shape index (κ2) is 7.38. The fraction of sp³-hybridized carbons (Fsp3) is 0.278. The Morgan fingerprint density at radius 1 is 0.789 bits per heavy atom. The Hall–Kier alpha value is -2.07. The SMILES string of the molecule is N#CCCCCCc1ccccc1-c1ccccc1. The number of aryl methyl sites for hydroxylation is 1. The number of hydrogen-bond acceptors (Lipinski definition) is 1. The monoisotopic (exact) mass is 249 g/mol. The number of rotatable bonds is 6. The largest absolute Gasteiger partial charge is 0.198 e. The summed E-state index contributed by atoms with van der Waals surface area (Å²) in [5, 5.41) is 8.53. The molecule has 0 N–H and O–H groups in total. The first-order chi connectivity index (χ1) is 9.42. The van der Waals surface area contributed by atoms with Crippen LogP contribution in [0.5, 0.6) is 0 Å². The molecule has 1 nitrogen and oxygen atoms in total. The number of nitriles is 1. The molecule has 0 saturated heterocycles. The van der Waals surface area contributed by atoms with Crippen molar-refractivity contribution >= 4 is 0 Å². The molecular weight excluding hydrogens is 230 g/mol. The zero-order chi connectivity index (χ0) is 13.3. The summed E-state index contributed by atoms with van der Waals surface area (Å²) in [5.41, 5.74) is 4.03. The predicted molar refractivity (Wildman–Crippen MR) is 79.7 cm³/mol. The second-order valence-corrected chi connectivity index (χ2v) is 4.74. The van der Waals surface area contributed by atoms with Crippen molar-refractivity contribution in [2.24, 2.45) is 0 Å². The van der Waals surface area contributed by atoms with Crippen molar-refractivity contribution in [3.8, 4) is 17.2 Å². The average Bonchev–Trinajstić information content (AvgIpc) is 2.48. The van der Waals surface area contributed by atoms with Crippen LogP contribution in [0, 0.1) is 11.3 Å². The lowest BCUT2D eigenvalue weighted by Crippen LogP contribution is -1.90. The zero-order valence-electron chi connectivity index (χ0n) is 11.2. The molecule has 1 heteroatoms. The molecule has 0 fully saturated rings. The highest BCUT2D eigenvalue weighted by Gasteiger charge is 2.03. The Labute approximate surface area is 115 Å². The molecule has 2 aromatic rings. The third kappa shape index (κ3) is 3.96. The van der Waals surface area contributed by atoms with Gasteiger partial charge in [0.25, 0.3) is 0 Å². The quantitative estimate of drug-likeness (QED) is 0.662. The van der Waals surface area contributed by atoms with Crippen LogP contribution in [0.4, 0.5) is 0 Å².